The van der Waals surface area contributed by atoms with Gasteiger partial charge in [-0.2, -0.15) is 0 Å². The average Bonchev–Trinajstić information content (AvgIpc) is 2.75. The quantitative estimate of drug-likeness (QED) is 0.919. The van der Waals surface area contributed by atoms with Crippen LogP contribution in [0, 0.1) is 33.1 Å². The van der Waals surface area contributed by atoms with E-state index >= 15 is 0 Å². The highest BCUT2D eigenvalue weighted by atomic mass is 16.2. The van der Waals surface area contributed by atoms with Crippen LogP contribution in [0.1, 0.15) is 22.3 Å². The number of carbonyl (C=O) groups excluding carboxylic acids is 1. The summed E-state index contributed by atoms with van der Waals surface area (Å²) in [4.78, 5) is 16.0. The molecule has 0 aliphatic carbocycles. The first-order chi connectivity index (χ1) is 10.9. The van der Waals surface area contributed by atoms with Gasteiger partial charge in [0, 0.05) is 0 Å². The van der Waals surface area contributed by atoms with Crippen LogP contribution in [-0.2, 0) is 4.79 Å². The summed E-state index contributed by atoms with van der Waals surface area (Å²) < 4.78 is 0. The Balaban J connectivity index is 2.08. The van der Waals surface area contributed by atoms with Crippen molar-refractivity contribution in [2.45, 2.75) is 27.7 Å². The Labute approximate surface area is 136 Å². The Morgan fingerprint density at radius 1 is 0.826 bits per heavy atom. The number of amides is 1. The number of aryl methyl sites for hydroxylation is 4. The van der Waals surface area contributed by atoms with Crippen LogP contribution in [0.15, 0.2) is 36.4 Å². The Morgan fingerprint density at radius 3 is 1.74 bits per heavy atom. The van der Waals surface area contributed by atoms with Crippen LogP contribution < -0.4 is 9.80 Å². The molecule has 1 saturated heterocycles. The maximum Gasteiger partial charge on any atom is 0.253 e. The highest BCUT2D eigenvalue weighted by Crippen LogP contribution is 2.33. The zero-order valence-corrected chi connectivity index (χ0v) is 14.0. The van der Waals surface area contributed by atoms with Gasteiger partial charge >= 0.3 is 0 Å². The van der Waals surface area contributed by atoms with E-state index in [1.165, 1.54) is 4.90 Å². The molecule has 0 bridgehead atoms. The number of nitrogens with one attached hydrogen (secondary N) is 1. The van der Waals surface area contributed by atoms with Crippen molar-refractivity contribution in [2.75, 3.05) is 16.3 Å². The normalized spacial score (nSPS) is 14.8. The van der Waals surface area contributed by atoms with Crippen LogP contribution in [0.4, 0.5) is 11.4 Å². The molecule has 1 fully saturated rings. The van der Waals surface area contributed by atoms with Gasteiger partial charge in [0.2, 0.25) is 5.96 Å². The molecule has 2 aromatic rings. The summed E-state index contributed by atoms with van der Waals surface area (Å²) in [6.45, 7) is 8.19. The fraction of sp³-hybridized carbons (Fsp3) is 0.263. The third-order valence-corrected chi connectivity index (χ3v) is 4.38. The van der Waals surface area contributed by atoms with E-state index in [9.17, 15) is 4.79 Å². The first-order valence-electron chi connectivity index (χ1n) is 7.73. The molecule has 1 aliphatic rings. The Kier molecular flexibility index (Phi) is 3.68. The van der Waals surface area contributed by atoms with Crippen molar-refractivity contribution in [1.29, 1.82) is 5.41 Å². The average molecular weight is 307 g/mol. The minimum atomic E-state index is -0.0601. The number of carbonyl (C=O) groups is 1. The fourth-order valence-corrected chi connectivity index (χ4v) is 3.33. The highest BCUT2D eigenvalue weighted by Gasteiger charge is 2.37. The van der Waals surface area contributed by atoms with Crippen LogP contribution in [0.5, 0.6) is 0 Å². The molecule has 0 aromatic heterocycles. The van der Waals surface area contributed by atoms with Crippen molar-refractivity contribution in [3.05, 3.63) is 58.7 Å². The molecular formula is C19H21N3O. The molecule has 3 rings (SSSR count). The van der Waals surface area contributed by atoms with Crippen molar-refractivity contribution in [2.24, 2.45) is 0 Å². The van der Waals surface area contributed by atoms with E-state index < -0.39 is 0 Å². The third-order valence-electron chi connectivity index (χ3n) is 4.38. The van der Waals surface area contributed by atoms with Crippen molar-refractivity contribution in [1.82, 2.24) is 0 Å². The molecule has 0 spiro atoms. The number of guanidine groups is 1. The molecule has 0 atom stereocenters. The molecule has 0 unspecified atom stereocenters. The lowest BCUT2D eigenvalue weighted by Crippen LogP contribution is -2.35. The lowest BCUT2D eigenvalue weighted by Gasteiger charge is -2.25. The van der Waals surface area contributed by atoms with Gasteiger partial charge in [-0.25, -0.2) is 4.90 Å². The van der Waals surface area contributed by atoms with Gasteiger partial charge in [0.15, 0.2) is 0 Å². The standard InChI is InChI=1S/C19H21N3O/c1-12-7-5-8-13(2)17(12)21-11-16(23)22(19(21)20)18-14(3)9-6-10-15(18)4/h5-10,20H,11H2,1-4H3. The first kappa shape index (κ1) is 15.3. The first-order valence-corrected chi connectivity index (χ1v) is 7.73. The largest absolute Gasteiger partial charge is 0.302 e. The monoisotopic (exact) mass is 307 g/mol. The molecule has 23 heavy (non-hydrogen) atoms. The predicted molar refractivity (Wildman–Crippen MR) is 94.4 cm³/mol. The van der Waals surface area contributed by atoms with Gasteiger partial charge in [-0.15, -0.1) is 0 Å². The predicted octanol–water partition coefficient (Wildman–Crippen LogP) is 3.71. The second-order valence-electron chi connectivity index (χ2n) is 6.12. The lowest BCUT2D eigenvalue weighted by molar-refractivity contribution is -0.115. The Morgan fingerprint density at radius 2 is 1.26 bits per heavy atom. The smallest absolute Gasteiger partial charge is 0.253 e. The van der Waals surface area contributed by atoms with E-state index in [1.54, 1.807) is 4.90 Å². The maximum absolute atomic E-state index is 12.6. The molecule has 0 radical (unpaired) electrons. The number of para-hydroxylation sites is 2. The minimum Gasteiger partial charge on any atom is -0.302 e. The van der Waals surface area contributed by atoms with E-state index in [1.807, 2.05) is 64.1 Å². The fourth-order valence-electron chi connectivity index (χ4n) is 3.33. The number of hydrogen-bond acceptors (Lipinski definition) is 2. The zero-order chi connectivity index (χ0) is 16.7. The van der Waals surface area contributed by atoms with E-state index in [0.717, 1.165) is 33.6 Å². The summed E-state index contributed by atoms with van der Waals surface area (Å²) >= 11 is 0. The number of nitrogens with zero attached hydrogens (tertiary/aromatic N) is 2. The van der Waals surface area contributed by atoms with Crippen LogP contribution in [-0.4, -0.2) is 18.4 Å². The number of benzene rings is 2. The third kappa shape index (κ3) is 2.40. The molecule has 0 saturated carbocycles. The Hall–Kier alpha value is -2.62. The van der Waals surface area contributed by atoms with E-state index in [0.29, 0.717) is 0 Å². The second-order valence-corrected chi connectivity index (χ2v) is 6.12. The summed E-state index contributed by atoms with van der Waals surface area (Å²) in [5.41, 5.74) is 5.95. The van der Waals surface area contributed by atoms with Crippen molar-refractivity contribution in [3.8, 4) is 0 Å². The topological polar surface area (TPSA) is 47.4 Å². The van der Waals surface area contributed by atoms with Gasteiger partial charge < -0.3 is 4.90 Å². The second kappa shape index (κ2) is 5.54. The summed E-state index contributed by atoms with van der Waals surface area (Å²) in [6.07, 6.45) is 0. The molecular weight excluding hydrogens is 286 g/mol. The number of anilines is 2. The van der Waals surface area contributed by atoms with Crippen LogP contribution in [0.25, 0.3) is 0 Å². The molecule has 1 heterocycles. The van der Waals surface area contributed by atoms with E-state index in [4.69, 9.17) is 5.41 Å². The van der Waals surface area contributed by atoms with Gasteiger partial charge in [-0.05, 0) is 49.9 Å². The molecule has 1 aliphatic heterocycles. The highest BCUT2D eigenvalue weighted by molar-refractivity contribution is 6.28. The zero-order valence-electron chi connectivity index (χ0n) is 14.0. The van der Waals surface area contributed by atoms with Crippen molar-refractivity contribution >= 4 is 23.2 Å². The minimum absolute atomic E-state index is 0.0601. The Bertz CT molecular complexity index is 770. The van der Waals surface area contributed by atoms with E-state index in [2.05, 4.69) is 0 Å². The number of hydrogen-bond donors (Lipinski definition) is 1. The van der Waals surface area contributed by atoms with Gasteiger partial charge in [-0.1, -0.05) is 36.4 Å². The lowest BCUT2D eigenvalue weighted by atomic mass is 10.1. The molecule has 1 N–H and O–H groups in total. The van der Waals surface area contributed by atoms with Crippen molar-refractivity contribution < 1.29 is 4.79 Å². The molecule has 118 valence electrons. The molecule has 4 nitrogen and oxygen atoms in total. The number of rotatable bonds is 2. The van der Waals surface area contributed by atoms with Crippen molar-refractivity contribution in [3.63, 3.8) is 0 Å². The van der Waals surface area contributed by atoms with Gasteiger partial charge in [0.05, 0.1) is 11.4 Å². The molecule has 4 heteroatoms. The van der Waals surface area contributed by atoms with Crippen LogP contribution in [0.2, 0.25) is 0 Å². The molecule has 1 amide bonds. The van der Waals surface area contributed by atoms with Crippen LogP contribution >= 0.6 is 0 Å². The molecule has 2 aromatic carbocycles. The SMILES string of the molecule is Cc1cccc(C)c1N1CC(=O)N(c2c(C)cccc2C)C1=N. The van der Waals surface area contributed by atoms with Crippen LogP contribution in [0.3, 0.4) is 0 Å². The summed E-state index contributed by atoms with van der Waals surface area (Å²) in [5, 5.41) is 8.59. The van der Waals surface area contributed by atoms with Gasteiger partial charge in [-0.3, -0.25) is 10.2 Å². The van der Waals surface area contributed by atoms with Gasteiger partial charge in [0.25, 0.3) is 5.91 Å². The maximum atomic E-state index is 12.6. The van der Waals surface area contributed by atoms with E-state index in [-0.39, 0.29) is 18.4 Å². The summed E-state index contributed by atoms with van der Waals surface area (Å²) in [7, 11) is 0. The van der Waals surface area contributed by atoms with Gasteiger partial charge in [0.1, 0.15) is 6.54 Å². The summed E-state index contributed by atoms with van der Waals surface area (Å²) in [6, 6.07) is 12.0. The summed E-state index contributed by atoms with van der Waals surface area (Å²) in [5.74, 6) is 0.167.